The Morgan fingerprint density at radius 3 is 2.80 bits per heavy atom. The molecule has 1 nitrogen and oxygen atoms in total. The van der Waals surface area contributed by atoms with Crippen LogP contribution in [-0.2, 0) is 6.54 Å². The highest BCUT2D eigenvalue weighted by Gasteiger charge is 1.83. The van der Waals surface area contributed by atoms with E-state index in [1.54, 1.807) is 0 Å². The lowest BCUT2D eigenvalue weighted by molar-refractivity contribution is 1.18. The maximum absolute atomic E-state index is 4.05. The van der Waals surface area contributed by atoms with Crippen LogP contribution in [0.1, 0.15) is 11.1 Å². The van der Waals surface area contributed by atoms with Gasteiger partial charge in [-0.2, -0.15) is 7.05 Å². The molecule has 10 heavy (non-hydrogen) atoms. The fourth-order valence-electron chi connectivity index (χ4n) is 0.993. The van der Waals surface area contributed by atoms with Crippen LogP contribution in [0.2, 0.25) is 0 Å². The van der Waals surface area contributed by atoms with Gasteiger partial charge < -0.3 is 5.32 Å². The Bertz CT molecular complexity index is 206. The second-order valence-corrected chi connectivity index (χ2v) is 2.46. The lowest BCUT2D eigenvalue weighted by Gasteiger charge is -2.10. The summed E-state index contributed by atoms with van der Waals surface area (Å²) >= 11 is 0. The molecule has 54 valence electrons. The van der Waals surface area contributed by atoms with E-state index in [1.165, 1.54) is 11.1 Å². The molecule has 1 rings (SSSR count). The van der Waals surface area contributed by atoms with Crippen molar-refractivity contribution in [2.75, 3.05) is 7.05 Å². The van der Waals surface area contributed by atoms with E-state index in [2.05, 4.69) is 36.5 Å². The molecule has 0 spiro atoms. The molecule has 1 aromatic rings. The van der Waals surface area contributed by atoms with Crippen LogP contribution in [0.4, 0.5) is 0 Å². The van der Waals surface area contributed by atoms with Crippen LogP contribution in [0.3, 0.4) is 0 Å². The minimum atomic E-state index is 0.835. The van der Waals surface area contributed by atoms with Crippen molar-refractivity contribution in [1.29, 1.82) is 0 Å². The fraction of sp³-hybridized carbons (Fsp3) is 0.333. The highest BCUT2D eigenvalue weighted by atomic mass is 14.8. The first kappa shape index (κ1) is 7.29. The maximum atomic E-state index is 4.05. The molecule has 0 atom stereocenters. The third-order valence-electron chi connectivity index (χ3n) is 1.42. The van der Waals surface area contributed by atoms with Crippen LogP contribution >= 0.6 is 0 Å². The number of aryl methyl sites for hydroxylation is 1. The molecule has 0 fully saturated rings. The summed E-state index contributed by atoms with van der Waals surface area (Å²) in [6, 6.07) is 8.42. The Hall–Kier alpha value is -0.820. The molecule has 0 unspecified atom stereocenters. The van der Waals surface area contributed by atoms with Crippen LogP contribution in [0.15, 0.2) is 24.3 Å². The molecular formula is C9H12N-. The molecule has 0 aliphatic carbocycles. The minimum Gasteiger partial charge on any atom is -0.661 e. The molecule has 1 aromatic carbocycles. The van der Waals surface area contributed by atoms with E-state index in [4.69, 9.17) is 0 Å². The fourth-order valence-corrected chi connectivity index (χ4v) is 0.993. The molecule has 0 radical (unpaired) electrons. The predicted octanol–water partition coefficient (Wildman–Crippen LogP) is 2.50. The number of nitrogens with zero attached hydrogens (tertiary/aromatic N) is 1. The van der Waals surface area contributed by atoms with Gasteiger partial charge in [-0.15, -0.1) is 6.54 Å². The van der Waals surface area contributed by atoms with E-state index in [9.17, 15) is 0 Å². The summed E-state index contributed by atoms with van der Waals surface area (Å²) in [4.78, 5) is 0. The Balaban J connectivity index is 2.75. The van der Waals surface area contributed by atoms with Gasteiger partial charge in [-0.3, -0.25) is 0 Å². The average molecular weight is 134 g/mol. The van der Waals surface area contributed by atoms with Gasteiger partial charge in [-0.1, -0.05) is 35.4 Å². The third kappa shape index (κ3) is 1.85. The molecule has 0 aromatic heterocycles. The van der Waals surface area contributed by atoms with Crippen LogP contribution in [0, 0.1) is 6.92 Å². The smallest absolute Gasteiger partial charge is 0.0398 e. The zero-order valence-corrected chi connectivity index (χ0v) is 6.46. The average Bonchev–Trinajstić information content (AvgIpc) is 1.88. The summed E-state index contributed by atoms with van der Waals surface area (Å²) in [5, 5.41) is 4.05. The van der Waals surface area contributed by atoms with Crippen LogP contribution in [0.5, 0.6) is 0 Å². The highest BCUT2D eigenvalue weighted by molar-refractivity contribution is 5.23. The molecule has 0 saturated carbocycles. The molecule has 0 amide bonds. The first-order valence-corrected chi connectivity index (χ1v) is 3.44. The van der Waals surface area contributed by atoms with Crippen molar-refractivity contribution in [3.05, 3.63) is 40.7 Å². The Labute approximate surface area is 62.1 Å². The maximum Gasteiger partial charge on any atom is -0.0398 e. The van der Waals surface area contributed by atoms with Crippen LogP contribution < -0.4 is 0 Å². The van der Waals surface area contributed by atoms with Crippen molar-refractivity contribution in [3.8, 4) is 0 Å². The standard InChI is InChI=1S/C9H12N/c1-8-4-3-5-9(6-8)7-10-2/h3-6H,7H2,1-2H3/q-1. The minimum absolute atomic E-state index is 0.835. The van der Waals surface area contributed by atoms with Crippen molar-refractivity contribution in [1.82, 2.24) is 0 Å². The largest absolute Gasteiger partial charge is 0.661 e. The molecule has 0 aliphatic heterocycles. The predicted molar refractivity (Wildman–Crippen MR) is 44.2 cm³/mol. The van der Waals surface area contributed by atoms with E-state index >= 15 is 0 Å². The second kappa shape index (κ2) is 3.37. The molecular weight excluding hydrogens is 122 g/mol. The van der Waals surface area contributed by atoms with Crippen LogP contribution in [-0.4, -0.2) is 7.05 Å². The first-order chi connectivity index (χ1) is 4.83. The topological polar surface area (TPSA) is 14.1 Å². The summed E-state index contributed by atoms with van der Waals surface area (Å²) in [6.07, 6.45) is 0. The Morgan fingerprint density at radius 2 is 2.20 bits per heavy atom. The van der Waals surface area contributed by atoms with Gasteiger partial charge in [-0.25, -0.2) is 0 Å². The first-order valence-electron chi connectivity index (χ1n) is 3.44. The van der Waals surface area contributed by atoms with Gasteiger partial charge in [-0.05, 0) is 6.92 Å². The quantitative estimate of drug-likeness (QED) is 0.590. The Kier molecular flexibility index (Phi) is 2.46. The molecule has 0 N–H and O–H groups in total. The summed E-state index contributed by atoms with van der Waals surface area (Å²) in [7, 11) is 1.84. The van der Waals surface area contributed by atoms with Crippen molar-refractivity contribution in [2.45, 2.75) is 13.5 Å². The third-order valence-corrected chi connectivity index (χ3v) is 1.42. The number of rotatable bonds is 2. The number of hydrogen-bond acceptors (Lipinski definition) is 0. The number of hydrogen-bond donors (Lipinski definition) is 0. The molecule has 0 aliphatic rings. The monoisotopic (exact) mass is 134 g/mol. The van der Waals surface area contributed by atoms with Gasteiger partial charge in [0.15, 0.2) is 0 Å². The van der Waals surface area contributed by atoms with Crippen molar-refractivity contribution in [3.63, 3.8) is 0 Å². The van der Waals surface area contributed by atoms with Crippen LogP contribution in [0.25, 0.3) is 5.32 Å². The van der Waals surface area contributed by atoms with Gasteiger partial charge in [0.05, 0.1) is 0 Å². The zero-order valence-electron chi connectivity index (χ0n) is 6.46. The Morgan fingerprint density at radius 1 is 1.40 bits per heavy atom. The van der Waals surface area contributed by atoms with Gasteiger partial charge in [0.1, 0.15) is 0 Å². The second-order valence-electron chi connectivity index (χ2n) is 2.46. The molecule has 0 saturated heterocycles. The zero-order chi connectivity index (χ0) is 7.40. The van der Waals surface area contributed by atoms with Gasteiger partial charge in [0, 0.05) is 0 Å². The summed E-state index contributed by atoms with van der Waals surface area (Å²) in [5.41, 5.74) is 2.60. The van der Waals surface area contributed by atoms with Crippen molar-refractivity contribution >= 4 is 0 Å². The number of benzene rings is 1. The van der Waals surface area contributed by atoms with Gasteiger partial charge >= 0.3 is 0 Å². The summed E-state index contributed by atoms with van der Waals surface area (Å²) in [6.45, 7) is 2.93. The summed E-state index contributed by atoms with van der Waals surface area (Å²) in [5.74, 6) is 0. The van der Waals surface area contributed by atoms with Crippen molar-refractivity contribution < 1.29 is 0 Å². The van der Waals surface area contributed by atoms with E-state index in [-0.39, 0.29) is 0 Å². The highest BCUT2D eigenvalue weighted by Crippen LogP contribution is 2.05. The van der Waals surface area contributed by atoms with Gasteiger partial charge in [0.2, 0.25) is 0 Å². The molecule has 0 heterocycles. The van der Waals surface area contributed by atoms with E-state index in [0.29, 0.717) is 0 Å². The van der Waals surface area contributed by atoms with E-state index < -0.39 is 0 Å². The van der Waals surface area contributed by atoms with E-state index in [0.717, 1.165) is 6.54 Å². The SMILES string of the molecule is C[N-]Cc1cccc(C)c1. The lowest BCUT2D eigenvalue weighted by atomic mass is 10.1. The molecule has 1 heteroatoms. The van der Waals surface area contributed by atoms with Gasteiger partial charge in [0.25, 0.3) is 0 Å². The summed E-state index contributed by atoms with van der Waals surface area (Å²) < 4.78 is 0. The lowest BCUT2D eigenvalue weighted by Crippen LogP contribution is -1.82. The normalized spacial score (nSPS) is 9.80. The van der Waals surface area contributed by atoms with E-state index in [1.807, 2.05) is 7.05 Å². The molecule has 0 bridgehead atoms. The van der Waals surface area contributed by atoms with Crippen molar-refractivity contribution in [2.24, 2.45) is 0 Å².